The first-order valence-electron chi connectivity index (χ1n) is 5.33. The average Bonchev–Trinajstić information content (AvgIpc) is 2.36. The zero-order chi connectivity index (χ0) is 13.1. The fourth-order valence-corrected chi connectivity index (χ4v) is 2.04. The Labute approximate surface area is 119 Å². The Bertz CT molecular complexity index is 574. The maximum Gasteiger partial charge on any atom is 0.138 e. The van der Waals surface area contributed by atoms with Crippen molar-refractivity contribution in [3.8, 4) is 0 Å². The van der Waals surface area contributed by atoms with Gasteiger partial charge in [-0.3, -0.25) is 0 Å². The van der Waals surface area contributed by atoms with Crippen LogP contribution < -0.4 is 10.6 Å². The minimum Gasteiger partial charge on any atom is -0.373 e. The average molecular weight is 328 g/mol. The van der Waals surface area contributed by atoms with E-state index in [1.54, 1.807) is 0 Å². The Hall–Kier alpha value is -1.33. The number of nitrogens with zero attached hydrogens (tertiary/aromatic N) is 2. The Morgan fingerprint density at radius 2 is 1.94 bits per heavy atom. The maximum atomic E-state index is 5.95. The highest BCUT2D eigenvalue weighted by atomic mass is 79.9. The van der Waals surface area contributed by atoms with Crippen LogP contribution in [-0.4, -0.2) is 17.0 Å². The number of benzene rings is 1. The van der Waals surface area contributed by atoms with E-state index in [0.717, 1.165) is 27.4 Å². The smallest absolute Gasteiger partial charge is 0.138 e. The molecule has 0 aliphatic rings. The Morgan fingerprint density at radius 3 is 2.61 bits per heavy atom. The van der Waals surface area contributed by atoms with E-state index in [2.05, 4.69) is 36.5 Å². The number of rotatable bonds is 3. The lowest BCUT2D eigenvalue weighted by atomic mass is 10.2. The predicted molar refractivity (Wildman–Crippen MR) is 78.8 cm³/mol. The number of halogens is 2. The van der Waals surface area contributed by atoms with Crippen LogP contribution in [0.4, 0.5) is 17.3 Å². The fourth-order valence-electron chi connectivity index (χ4n) is 1.54. The van der Waals surface area contributed by atoms with Crippen molar-refractivity contribution in [2.45, 2.75) is 6.92 Å². The lowest BCUT2D eigenvalue weighted by Gasteiger charge is -2.11. The molecule has 0 radical (unpaired) electrons. The summed E-state index contributed by atoms with van der Waals surface area (Å²) in [5.74, 6) is 1.57. The van der Waals surface area contributed by atoms with Crippen LogP contribution in [0.15, 0.2) is 29.0 Å². The van der Waals surface area contributed by atoms with Gasteiger partial charge >= 0.3 is 0 Å². The minimum atomic E-state index is 0.677. The highest BCUT2D eigenvalue weighted by molar-refractivity contribution is 9.10. The van der Waals surface area contributed by atoms with Gasteiger partial charge in [0, 0.05) is 22.8 Å². The molecule has 18 heavy (non-hydrogen) atoms. The summed E-state index contributed by atoms with van der Waals surface area (Å²) in [4.78, 5) is 8.36. The van der Waals surface area contributed by atoms with Crippen molar-refractivity contribution in [3.63, 3.8) is 0 Å². The second-order valence-electron chi connectivity index (χ2n) is 3.70. The molecule has 0 spiro atoms. The first kappa shape index (κ1) is 13.1. The van der Waals surface area contributed by atoms with Gasteiger partial charge in [0.15, 0.2) is 0 Å². The molecule has 6 heteroatoms. The van der Waals surface area contributed by atoms with Crippen molar-refractivity contribution in [1.82, 2.24) is 9.97 Å². The van der Waals surface area contributed by atoms with Crippen LogP contribution in [0, 0.1) is 6.92 Å². The quantitative estimate of drug-likeness (QED) is 0.895. The Kier molecular flexibility index (Phi) is 4.04. The summed E-state index contributed by atoms with van der Waals surface area (Å²) in [5.41, 5.74) is 1.88. The number of anilines is 3. The molecule has 1 aromatic carbocycles. The van der Waals surface area contributed by atoms with Gasteiger partial charge in [0.05, 0.1) is 5.02 Å². The molecular formula is C12H12BrClN4. The van der Waals surface area contributed by atoms with Crippen LogP contribution in [0.5, 0.6) is 0 Å². The van der Waals surface area contributed by atoms with Crippen LogP contribution in [0.25, 0.3) is 0 Å². The normalized spacial score (nSPS) is 10.2. The molecule has 4 nitrogen and oxygen atoms in total. The van der Waals surface area contributed by atoms with Gasteiger partial charge in [-0.05, 0) is 41.1 Å². The first-order valence-corrected chi connectivity index (χ1v) is 6.50. The highest BCUT2D eigenvalue weighted by Crippen LogP contribution is 2.28. The van der Waals surface area contributed by atoms with Crippen LogP contribution in [0.1, 0.15) is 5.56 Å². The minimum absolute atomic E-state index is 0.677. The third-order valence-electron chi connectivity index (χ3n) is 2.50. The van der Waals surface area contributed by atoms with E-state index in [1.165, 1.54) is 6.33 Å². The Balaban J connectivity index is 2.31. The number of aromatic nitrogens is 2. The van der Waals surface area contributed by atoms with E-state index in [0.29, 0.717) is 5.02 Å². The van der Waals surface area contributed by atoms with Gasteiger partial charge in [0.25, 0.3) is 0 Å². The van der Waals surface area contributed by atoms with Crippen molar-refractivity contribution in [1.29, 1.82) is 0 Å². The molecule has 0 atom stereocenters. The lowest BCUT2D eigenvalue weighted by molar-refractivity contribution is 1.12. The molecule has 0 bridgehead atoms. The molecule has 0 saturated carbocycles. The molecular weight excluding hydrogens is 316 g/mol. The topological polar surface area (TPSA) is 49.8 Å². The summed E-state index contributed by atoms with van der Waals surface area (Å²) in [5, 5.41) is 6.93. The highest BCUT2D eigenvalue weighted by Gasteiger charge is 2.06. The molecule has 0 aliphatic heterocycles. The monoisotopic (exact) mass is 326 g/mol. The predicted octanol–water partition coefficient (Wildman–Crippen LogP) is 3.99. The largest absolute Gasteiger partial charge is 0.373 e. The molecule has 0 aliphatic carbocycles. The van der Waals surface area contributed by atoms with Crippen molar-refractivity contribution < 1.29 is 0 Å². The molecule has 0 fully saturated rings. The summed E-state index contributed by atoms with van der Waals surface area (Å²) in [7, 11) is 1.83. The lowest BCUT2D eigenvalue weighted by Crippen LogP contribution is -2.02. The molecule has 94 valence electrons. The molecule has 1 aromatic heterocycles. The van der Waals surface area contributed by atoms with Gasteiger partial charge in [0.1, 0.15) is 18.0 Å². The van der Waals surface area contributed by atoms with Gasteiger partial charge < -0.3 is 10.6 Å². The second-order valence-corrected chi connectivity index (χ2v) is 4.96. The van der Waals surface area contributed by atoms with Crippen molar-refractivity contribution >= 4 is 44.9 Å². The van der Waals surface area contributed by atoms with E-state index in [1.807, 2.05) is 32.2 Å². The van der Waals surface area contributed by atoms with Crippen molar-refractivity contribution in [3.05, 3.63) is 39.6 Å². The van der Waals surface area contributed by atoms with Crippen LogP contribution in [-0.2, 0) is 0 Å². The van der Waals surface area contributed by atoms with E-state index in [-0.39, 0.29) is 0 Å². The van der Waals surface area contributed by atoms with E-state index >= 15 is 0 Å². The summed E-state index contributed by atoms with van der Waals surface area (Å²) < 4.78 is 0.842. The molecule has 0 amide bonds. The van der Waals surface area contributed by atoms with E-state index in [4.69, 9.17) is 11.6 Å². The number of hydrogen-bond donors (Lipinski definition) is 2. The van der Waals surface area contributed by atoms with E-state index < -0.39 is 0 Å². The third-order valence-corrected chi connectivity index (χ3v) is 3.72. The molecule has 2 N–H and O–H groups in total. The van der Waals surface area contributed by atoms with Crippen LogP contribution in [0.2, 0.25) is 5.02 Å². The van der Waals surface area contributed by atoms with Gasteiger partial charge in [-0.25, -0.2) is 9.97 Å². The van der Waals surface area contributed by atoms with Gasteiger partial charge in [-0.15, -0.1) is 0 Å². The third kappa shape index (κ3) is 2.73. The zero-order valence-corrected chi connectivity index (χ0v) is 12.3. The Morgan fingerprint density at radius 1 is 1.22 bits per heavy atom. The molecule has 0 saturated heterocycles. The molecule has 0 unspecified atom stereocenters. The molecule has 2 aromatic rings. The molecule has 2 rings (SSSR count). The van der Waals surface area contributed by atoms with Gasteiger partial charge in [-0.1, -0.05) is 11.6 Å². The zero-order valence-electron chi connectivity index (χ0n) is 9.96. The van der Waals surface area contributed by atoms with Gasteiger partial charge in [0.2, 0.25) is 0 Å². The van der Waals surface area contributed by atoms with Gasteiger partial charge in [-0.2, -0.15) is 0 Å². The fraction of sp³-hybridized carbons (Fsp3) is 0.167. The van der Waals surface area contributed by atoms with Crippen molar-refractivity contribution in [2.75, 3.05) is 17.7 Å². The SMILES string of the molecule is CNc1ncnc(Nc2ccc(Cl)c(Br)c2)c1C. The summed E-state index contributed by atoms with van der Waals surface area (Å²) >= 11 is 9.34. The van der Waals surface area contributed by atoms with Crippen molar-refractivity contribution in [2.24, 2.45) is 0 Å². The molecule has 1 heterocycles. The van der Waals surface area contributed by atoms with E-state index in [9.17, 15) is 0 Å². The first-order chi connectivity index (χ1) is 8.61. The van der Waals surface area contributed by atoms with Crippen LogP contribution >= 0.6 is 27.5 Å². The van der Waals surface area contributed by atoms with Crippen LogP contribution in [0.3, 0.4) is 0 Å². The summed E-state index contributed by atoms with van der Waals surface area (Å²) in [6.07, 6.45) is 1.52. The number of nitrogens with one attached hydrogen (secondary N) is 2. The number of hydrogen-bond acceptors (Lipinski definition) is 4. The second kappa shape index (κ2) is 5.54. The standard InChI is InChI=1S/C12H12BrClN4/c1-7-11(15-2)16-6-17-12(7)18-8-3-4-10(14)9(13)5-8/h3-6H,1-2H3,(H2,15,16,17,18). The summed E-state index contributed by atoms with van der Waals surface area (Å²) in [6.45, 7) is 1.96. The summed E-state index contributed by atoms with van der Waals surface area (Å²) in [6, 6.07) is 5.63. The maximum absolute atomic E-state index is 5.95.